The zero-order valence-electron chi connectivity index (χ0n) is 11.4. The fourth-order valence-electron chi connectivity index (χ4n) is 2.12. The van der Waals surface area contributed by atoms with Crippen molar-refractivity contribution in [2.75, 3.05) is 7.11 Å². The second-order valence-corrected chi connectivity index (χ2v) is 4.44. The standard InChI is InChI=1S/C14H12N4O3/c1-8-15-11(14(19)20)7-12-16-17-13(18(8)12)9-3-5-10(21-2)6-4-9/h3-7H,1-2H3,(H,19,20). The van der Waals surface area contributed by atoms with Crippen LogP contribution in [-0.4, -0.2) is 37.8 Å². The fourth-order valence-corrected chi connectivity index (χ4v) is 2.12. The molecule has 0 saturated carbocycles. The molecule has 7 nitrogen and oxygen atoms in total. The summed E-state index contributed by atoms with van der Waals surface area (Å²) in [6, 6.07) is 8.77. The van der Waals surface area contributed by atoms with Crippen molar-refractivity contribution in [3.8, 4) is 17.1 Å². The molecule has 0 radical (unpaired) electrons. The number of aromatic nitrogens is 4. The maximum atomic E-state index is 11.0. The number of carboxylic acids is 1. The molecule has 2 heterocycles. The number of hydrogen-bond acceptors (Lipinski definition) is 5. The summed E-state index contributed by atoms with van der Waals surface area (Å²) in [7, 11) is 1.60. The number of aromatic carboxylic acids is 1. The highest BCUT2D eigenvalue weighted by Gasteiger charge is 2.14. The number of benzene rings is 1. The molecule has 0 atom stereocenters. The maximum Gasteiger partial charge on any atom is 0.354 e. The van der Waals surface area contributed by atoms with Crippen LogP contribution < -0.4 is 4.74 Å². The van der Waals surface area contributed by atoms with E-state index >= 15 is 0 Å². The van der Waals surface area contributed by atoms with Crippen LogP contribution in [-0.2, 0) is 0 Å². The van der Waals surface area contributed by atoms with E-state index in [0.717, 1.165) is 11.3 Å². The third-order valence-corrected chi connectivity index (χ3v) is 3.13. The molecule has 0 saturated heterocycles. The Bertz CT molecular complexity index is 824. The summed E-state index contributed by atoms with van der Waals surface area (Å²) in [6.07, 6.45) is 0. The summed E-state index contributed by atoms with van der Waals surface area (Å²) in [4.78, 5) is 15.1. The quantitative estimate of drug-likeness (QED) is 0.788. The molecule has 21 heavy (non-hydrogen) atoms. The Morgan fingerprint density at radius 1 is 1.24 bits per heavy atom. The summed E-state index contributed by atoms with van der Waals surface area (Å²) in [5.41, 5.74) is 1.25. The minimum Gasteiger partial charge on any atom is -0.497 e. The number of aryl methyl sites for hydroxylation is 1. The molecule has 0 bridgehead atoms. The number of rotatable bonds is 3. The molecular weight excluding hydrogens is 272 g/mol. The average molecular weight is 284 g/mol. The fraction of sp³-hybridized carbons (Fsp3) is 0.143. The normalized spacial score (nSPS) is 10.8. The van der Waals surface area contributed by atoms with Crippen LogP contribution in [0.1, 0.15) is 16.3 Å². The lowest BCUT2D eigenvalue weighted by molar-refractivity contribution is 0.0690. The first kappa shape index (κ1) is 13.0. The minimum absolute atomic E-state index is 0.0475. The Balaban J connectivity index is 2.17. The average Bonchev–Trinajstić information content (AvgIpc) is 2.91. The van der Waals surface area contributed by atoms with Gasteiger partial charge < -0.3 is 9.84 Å². The van der Waals surface area contributed by atoms with Gasteiger partial charge in [-0.3, -0.25) is 4.40 Å². The van der Waals surface area contributed by atoms with Crippen LogP contribution in [0.5, 0.6) is 5.75 Å². The molecule has 0 unspecified atom stereocenters. The van der Waals surface area contributed by atoms with Crippen molar-refractivity contribution in [3.63, 3.8) is 0 Å². The maximum absolute atomic E-state index is 11.0. The zero-order valence-corrected chi connectivity index (χ0v) is 11.4. The number of methoxy groups -OCH3 is 1. The van der Waals surface area contributed by atoms with Crippen molar-refractivity contribution >= 4 is 11.6 Å². The first-order chi connectivity index (χ1) is 10.1. The Labute approximate surface area is 119 Å². The van der Waals surface area contributed by atoms with Gasteiger partial charge in [0.1, 0.15) is 11.6 Å². The van der Waals surface area contributed by atoms with Crippen LogP contribution in [0.3, 0.4) is 0 Å². The van der Waals surface area contributed by atoms with Crippen molar-refractivity contribution in [1.82, 2.24) is 19.6 Å². The van der Waals surface area contributed by atoms with Crippen molar-refractivity contribution < 1.29 is 14.6 Å². The van der Waals surface area contributed by atoms with Crippen LogP contribution in [0.4, 0.5) is 0 Å². The molecule has 106 valence electrons. The number of ether oxygens (including phenoxy) is 1. The highest BCUT2D eigenvalue weighted by molar-refractivity contribution is 5.86. The molecule has 0 aliphatic rings. The summed E-state index contributed by atoms with van der Waals surface area (Å²) in [6.45, 7) is 1.72. The van der Waals surface area contributed by atoms with Crippen molar-refractivity contribution in [2.24, 2.45) is 0 Å². The number of hydrogen-bond donors (Lipinski definition) is 1. The molecule has 0 amide bonds. The van der Waals surface area contributed by atoms with E-state index in [1.807, 2.05) is 24.3 Å². The molecular formula is C14H12N4O3. The van der Waals surface area contributed by atoms with Gasteiger partial charge in [0.2, 0.25) is 0 Å². The summed E-state index contributed by atoms with van der Waals surface area (Å²) < 4.78 is 6.84. The van der Waals surface area contributed by atoms with Gasteiger partial charge in [0.25, 0.3) is 0 Å². The summed E-state index contributed by atoms with van der Waals surface area (Å²) in [5, 5.41) is 17.2. The van der Waals surface area contributed by atoms with Crippen LogP contribution in [0.15, 0.2) is 30.3 Å². The van der Waals surface area contributed by atoms with E-state index in [-0.39, 0.29) is 5.69 Å². The third-order valence-electron chi connectivity index (χ3n) is 3.13. The third kappa shape index (κ3) is 2.18. The van der Waals surface area contributed by atoms with Crippen molar-refractivity contribution in [1.29, 1.82) is 0 Å². The highest BCUT2D eigenvalue weighted by atomic mass is 16.5. The molecule has 3 rings (SSSR count). The van der Waals surface area contributed by atoms with Crippen LogP contribution >= 0.6 is 0 Å². The molecule has 0 aliphatic carbocycles. The molecule has 7 heteroatoms. The van der Waals surface area contributed by atoms with E-state index in [1.54, 1.807) is 18.4 Å². The second kappa shape index (κ2) is 4.86. The van der Waals surface area contributed by atoms with Crippen LogP contribution in [0, 0.1) is 6.92 Å². The van der Waals surface area contributed by atoms with Gasteiger partial charge in [-0.25, -0.2) is 9.78 Å². The first-order valence-electron chi connectivity index (χ1n) is 6.20. The molecule has 0 spiro atoms. The van der Waals surface area contributed by atoms with Crippen LogP contribution in [0.25, 0.3) is 17.0 Å². The Morgan fingerprint density at radius 3 is 2.57 bits per heavy atom. The lowest BCUT2D eigenvalue weighted by Gasteiger charge is -2.05. The van der Waals surface area contributed by atoms with Crippen molar-refractivity contribution in [2.45, 2.75) is 6.92 Å². The van der Waals surface area contributed by atoms with Gasteiger partial charge in [-0.1, -0.05) is 0 Å². The smallest absolute Gasteiger partial charge is 0.354 e. The van der Waals surface area contributed by atoms with E-state index in [9.17, 15) is 4.79 Å². The lowest BCUT2D eigenvalue weighted by Crippen LogP contribution is -2.06. The minimum atomic E-state index is -1.09. The Hall–Kier alpha value is -2.96. The highest BCUT2D eigenvalue weighted by Crippen LogP contribution is 2.22. The molecule has 1 N–H and O–H groups in total. The molecule has 0 fully saturated rings. The van der Waals surface area contributed by atoms with Crippen molar-refractivity contribution in [3.05, 3.63) is 41.9 Å². The number of nitrogens with zero attached hydrogens (tertiary/aromatic N) is 4. The number of carbonyl (C=O) groups is 1. The van der Waals surface area contributed by atoms with Gasteiger partial charge in [-0.2, -0.15) is 0 Å². The second-order valence-electron chi connectivity index (χ2n) is 4.44. The van der Waals surface area contributed by atoms with E-state index in [4.69, 9.17) is 9.84 Å². The Morgan fingerprint density at radius 2 is 1.95 bits per heavy atom. The van der Waals surface area contributed by atoms with E-state index < -0.39 is 5.97 Å². The molecule has 3 aromatic rings. The predicted octanol–water partition coefficient (Wildman–Crippen LogP) is 1.81. The zero-order chi connectivity index (χ0) is 15.0. The monoisotopic (exact) mass is 284 g/mol. The number of carboxylic acid groups (broad SMARTS) is 1. The first-order valence-corrected chi connectivity index (χ1v) is 6.20. The van der Waals surface area contributed by atoms with Crippen LogP contribution in [0.2, 0.25) is 0 Å². The van der Waals surface area contributed by atoms with Gasteiger partial charge in [0.05, 0.1) is 7.11 Å². The lowest BCUT2D eigenvalue weighted by atomic mass is 10.2. The van der Waals surface area contributed by atoms with Gasteiger partial charge in [-0.15, -0.1) is 10.2 Å². The predicted molar refractivity (Wildman–Crippen MR) is 74.5 cm³/mol. The van der Waals surface area contributed by atoms with E-state index in [0.29, 0.717) is 17.3 Å². The van der Waals surface area contributed by atoms with E-state index in [1.165, 1.54) is 6.07 Å². The largest absolute Gasteiger partial charge is 0.497 e. The molecule has 1 aromatic carbocycles. The molecule has 2 aromatic heterocycles. The number of fused-ring (bicyclic) bond motifs is 1. The van der Waals surface area contributed by atoms with Gasteiger partial charge in [0, 0.05) is 11.6 Å². The summed E-state index contributed by atoms with van der Waals surface area (Å²) >= 11 is 0. The van der Waals surface area contributed by atoms with E-state index in [2.05, 4.69) is 15.2 Å². The topological polar surface area (TPSA) is 89.6 Å². The summed E-state index contributed by atoms with van der Waals surface area (Å²) in [5.74, 6) is 0.778. The molecule has 0 aliphatic heterocycles. The SMILES string of the molecule is COc1ccc(-c2nnc3cc(C(=O)O)nc(C)n23)cc1. The van der Waals surface area contributed by atoms with Gasteiger partial charge in [-0.05, 0) is 31.2 Å². The Kier molecular flexibility index (Phi) is 3.02. The van der Waals surface area contributed by atoms with Gasteiger partial charge in [0.15, 0.2) is 17.2 Å². The van der Waals surface area contributed by atoms with Gasteiger partial charge >= 0.3 is 5.97 Å².